The van der Waals surface area contributed by atoms with Crippen molar-refractivity contribution in [1.29, 1.82) is 0 Å². The van der Waals surface area contributed by atoms with Gasteiger partial charge in [-0.3, -0.25) is 14.4 Å². The fraction of sp³-hybridized carbons (Fsp3) is 0.818. The molecule has 6 heteroatoms. The number of amides is 2. The van der Waals surface area contributed by atoms with Gasteiger partial charge >= 0.3 is 0 Å². The van der Waals surface area contributed by atoms with Gasteiger partial charge in [-0.05, 0) is 12.8 Å². The fourth-order valence-electron chi connectivity index (χ4n) is 2.27. The van der Waals surface area contributed by atoms with E-state index in [1.165, 1.54) is 5.06 Å². The third-order valence-corrected chi connectivity index (χ3v) is 3.33. The van der Waals surface area contributed by atoms with Crippen LogP contribution in [0.5, 0.6) is 0 Å². The number of piperidine rings is 1. The van der Waals surface area contributed by atoms with Crippen molar-refractivity contribution in [3.63, 3.8) is 0 Å². The van der Waals surface area contributed by atoms with E-state index >= 15 is 0 Å². The van der Waals surface area contributed by atoms with Crippen molar-refractivity contribution in [2.24, 2.45) is 5.92 Å². The van der Waals surface area contributed by atoms with Crippen molar-refractivity contribution < 1.29 is 19.5 Å². The molecule has 2 fully saturated rings. The number of aliphatic hydroxyl groups is 1. The van der Waals surface area contributed by atoms with Crippen LogP contribution in [0.4, 0.5) is 0 Å². The first-order valence-corrected chi connectivity index (χ1v) is 5.96. The van der Waals surface area contributed by atoms with E-state index in [1.807, 2.05) is 0 Å². The molecule has 2 heterocycles. The summed E-state index contributed by atoms with van der Waals surface area (Å²) < 4.78 is 0. The molecule has 0 saturated carbocycles. The lowest BCUT2D eigenvalue weighted by Crippen LogP contribution is -2.43. The predicted octanol–water partition coefficient (Wildman–Crippen LogP) is -0.620. The predicted molar refractivity (Wildman–Crippen MR) is 58.6 cm³/mol. The Bertz CT molecular complexity index is 313. The summed E-state index contributed by atoms with van der Waals surface area (Å²) in [5, 5.41) is 10.6. The topological polar surface area (TPSA) is 70.1 Å². The SMILES string of the molecule is CC(=O)N1CCC(C(=O)N2CC(O)CO2)CC1. The van der Waals surface area contributed by atoms with Gasteiger partial charge in [-0.1, -0.05) is 0 Å². The van der Waals surface area contributed by atoms with E-state index in [9.17, 15) is 14.7 Å². The summed E-state index contributed by atoms with van der Waals surface area (Å²) in [6, 6.07) is 0. The summed E-state index contributed by atoms with van der Waals surface area (Å²) in [4.78, 5) is 30.0. The molecular formula is C11H18N2O4. The number of hydrogen-bond donors (Lipinski definition) is 1. The molecule has 0 aromatic rings. The van der Waals surface area contributed by atoms with Gasteiger partial charge in [-0.15, -0.1) is 0 Å². The molecule has 2 aliphatic heterocycles. The first-order chi connectivity index (χ1) is 8.08. The number of rotatable bonds is 1. The molecule has 2 amide bonds. The summed E-state index contributed by atoms with van der Waals surface area (Å²) in [6.07, 6.45) is 0.777. The molecule has 0 aromatic carbocycles. The van der Waals surface area contributed by atoms with E-state index < -0.39 is 6.10 Å². The summed E-state index contributed by atoms with van der Waals surface area (Å²) in [7, 11) is 0. The molecule has 6 nitrogen and oxygen atoms in total. The standard InChI is InChI=1S/C11H18N2O4/c1-8(14)12-4-2-9(3-5-12)11(16)13-6-10(15)7-17-13/h9-10,15H,2-7H2,1H3. The van der Waals surface area contributed by atoms with Crippen LogP contribution >= 0.6 is 0 Å². The Kier molecular flexibility index (Phi) is 3.63. The third kappa shape index (κ3) is 2.76. The maximum atomic E-state index is 12.0. The highest BCUT2D eigenvalue weighted by atomic mass is 16.7. The number of hydroxylamine groups is 2. The molecule has 1 atom stereocenters. The summed E-state index contributed by atoms with van der Waals surface area (Å²) in [5.74, 6) is -0.0932. The second kappa shape index (κ2) is 5.01. The minimum Gasteiger partial charge on any atom is -0.389 e. The molecule has 0 radical (unpaired) electrons. The largest absolute Gasteiger partial charge is 0.389 e. The number of likely N-dealkylation sites (tertiary alicyclic amines) is 1. The molecule has 1 unspecified atom stereocenters. The highest BCUT2D eigenvalue weighted by Crippen LogP contribution is 2.21. The first-order valence-electron chi connectivity index (χ1n) is 5.96. The van der Waals surface area contributed by atoms with Crippen molar-refractivity contribution in [2.75, 3.05) is 26.2 Å². The van der Waals surface area contributed by atoms with Crippen LogP contribution in [0, 0.1) is 5.92 Å². The van der Waals surface area contributed by atoms with Crippen molar-refractivity contribution in [1.82, 2.24) is 9.96 Å². The Balaban J connectivity index is 1.84. The minimum absolute atomic E-state index is 0.0590. The molecule has 2 saturated heterocycles. The Morgan fingerprint density at radius 2 is 1.94 bits per heavy atom. The molecule has 96 valence electrons. The number of aliphatic hydroxyl groups excluding tert-OH is 1. The molecule has 1 N–H and O–H groups in total. The van der Waals surface area contributed by atoms with Gasteiger partial charge in [0.1, 0.15) is 6.61 Å². The maximum Gasteiger partial charge on any atom is 0.249 e. The molecule has 0 aromatic heterocycles. The fourth-order valence-corrected chi connectivity index (χ4v) is 2.27. The number of carbonyl (C=O) groups is 2. The Hall–Kier alpha value is -1.14. The highest BCUT2D eigenvalue weighted by molar-refractivity contribution is 5.79. The van der Waals surface area contributed by atoms with Gasteiger partial charge in [0.05, 0.1) is 12.6 Å². The van der Waals surface area contributed by atoms with E-state index in [4.69, 9.17) is 4.84 Å². The quantitative estimate of drug-likeness (QED) is 0.665. The Morgan fingerprint density at radius 1 is 1.29 bits per heavy atom. The second-order valence-corrected chi connectivity index (χ2v) is 4.63. The zero-order valence-electron chi connectivity index (χ0n) is 9.96. The van der Waals surface area contributed by atoms with Crippen LogP contribution in [0.15, 0.2) is 0 Å². The first kappa shape index (κ1) is 12.3. The molecular weight excluding hydrogens is 224 g/mol. The van der Waals surface area contributed by atoms with Gasteiger partial charge in [-0.2, -0.15) is 0 Å². The number of nitrogens with zero attached hydrogens (tertiary/aromatic N) is 2. The average Bonchev–Trinajstić information content (AvgIpc) is 2.75. The van der Waals surface area contributed by atoms with E-state index in [0.29, 0.717) is 25.9 Å². The molecule has 0 spiro atoms. The normalized spacial score (nSPS) is 26.4. The van der Waals surface area contributed by atoms with Crippen molar-refractivity contribution >= 4 is 11.8 Å². The molecule has 17 heavy (non-hydrogen) atoms. The molecule has 0 bridgehead atoms. The van der Waals surface area contributed by atoms with Crippen LogP contribution in [0.25, 0.3) is 0 Å². The van der Waals surface area contributed by atoms with Gasteiger partial charge < -0.3 is 10.0 Å². The van der Waals surface area contributed by atoms with Gasteiger partial charge in [0.15, 0.2) is 0 Å². The smallest absolute Gasteiger partial charge is 0.249 e. The van der Waals surface area contributed by atoms with Gasteiger partial charge in [0.2, 0.25) is 11.8 Å². The van der Waals surface area contributed by atoms with E-state index in [-0.39, 0.29) is 30.9 Å². The Morgan fingerprint density at radius 3 is 2.41 bits per heavy atom. The van der Waals surface area contributed by atoms with E-state index in [2.05, 4.69) is 0 Å². The van der Waals surface area contributed by atoms with Gasteiger partial charge in [0.25, 0.3) is 0 Å². The summed E-state index contributed by atoms with van der Waals surface area (Å²) in [5.41, 5.74) is 0. The van der Waals surface area contributed by atoms with Gasteiger partial charge in [-0.25, -0.2) is 5.06 Å². The Labute approximate surface area is 100 Å². The molecule has 0 aliphatic carbocycles. The van der Waals surface area contributed by atoms with Crippen LogP contribution in [-0.2, 0) is 14.4 Å². The average molecular weight is 242 g/mol. The zero-order chi connectivity index (χ0) is 12.4. The van der Waals surface area contributed by atoms with E-state index in [1.54, 1.807) is 11.8 Å². The van der Waals surface area contributed by atoms with Crippen molar-refractivity contribution in [2.45, 2.75) is 25.9 Å². The lowest BCUT2D eigenvalue weighted by atomic mass is 9.96. The highest BCUT2D eigenvalue weighted by Gasteiger charge is 2.33. The van der Waals surface area contributed by atoms with Crippen LogP contribution in [0.3, 0.4) is 0 Å². The van der Waals surface area contributed by atoms with Gasteiger partial charge in [0, 0.05) is 25.9 Å². The van der Waals surface area contributed by atoms with E-state index in [0.717, 1.165) is 0 Å². The number of carbonyl (C=O) groups excluding carboxylic acids is 2. The summed E-state index contributed by atoms with van der Waals surface area (Å²) >= 11 is 0. The van der Waals surface area contributed by atoms with Crippen LogP contribution in [-0.4, -0.2) is 59.2 Å². The number of hydrogen-bond acceptors (Lipinski definition) is 4. The lowest BCUT2D eigenvalue weighted by molar-refractivity contribution is -0.175. The summed E-state index contributed by atoms with van der Waals surface area (Å²) in [6.45, 7) is 3.25. The maximum absolute atomic E-state index is 12.0. The van der Waals surface area contributed by atoms with Crippen LogP contribution in [0.2, 0.25) is 0 Å². The van der Waals surface area contributed by atoms with Crippen molar-refractivity contribution in [3.05, 3.63) is 0 Å². The van der Waals surface area contributed by atoms with Crippen LogP contribution in [0.1, 0.15) is 19.8 Å². The minimum atomic E-state index is -0.573. The third-order valence-electron chi connectivity index (χ3n) is 3.33. The lowest BCUT2D eigenvalue weighted by Gasteiger charge is -2.31. The molecule has 2 rings (SSSR count). The molecule has 2 aliphatic rings. The van der Waals surface area contributed by atoms with Crippen molar-refractivity contribution in [3.8, 4) is 0 Å². The monoisotopic (exact) mass is 242 g/mol. The second-order valence-electron chi connectivity index (χ2n) is 4.63. The zero-order valence-corrected chi connectivity index (χ0v) is 9.96. The van der Waals surface area contributed by atoms with Crippen LogP contribution < -0.4 is 0 Å². The number of β-amino-alcohol motifs (C(OH)–C–C–N with tert-alkyl or cyclic N) is 1.